The number of H-pyrrole nitrogens is 1. The molecule has 2 N–H and O–H groups in total. The fourth-order valence-corrected chi connectivity index (χ4v) is 0.642. The van der Waals surface area contributed by atoms with Gasteiger partial charge < -0.3 is 9.84 Å². The lowest BCUT2D eigenvalue weighted by molar-refractivity contribution is 0.0689. The van der Waals surface area contributed by atoms with Crippen LogP contribution in [-0.2, 0) is 0 Å². The minimum absolute atomic E-state index is 0.111. The van der Waals surface area contributed by atoms with Crippen molar-refractivity contribution < 1.29 is 14.6 Å². The second-order valence-electron chi connectivity index (χ2n) is 1.95. The smallest absolute Gasteiger partial charge is 0.354 e. The number of nitrogens with zero attached hydrogens (tertiary/aromatic N) is 1. The Hall–Kier alpha value is -1.85. The SMILES string of the molecule is COc1nc(C(=O)O)cc(=O)[nH]1. The van der Waals surface area contributed by atoms with Gasteiger partial charge in [-0.3, -0.25) is 9.78 Å². The highest BCUT2D eigenvalue weighted by molar-refractivity contribution is 5.85. The van der Waals surface area contributed by atoms with Crippen LogP contribution in [0.4, 0.5) is 0 Å². The molecule has 0 saturated heterocycles. The Labute approximate surface area is 66.8 Å². The summed E-state index contributed by atoms with van der Waals surface area (Å²) in [6, 6.07) is 0.769. The third kappa shape index (κ3) is 1.60. The first-order valence-electron chi connectivity index (χ1n) is 3.02. The van der Waals surface area contributed by atoms with E-state index in [4.69, 9.17) is 5.11 Å². The van der Waals surface area contributed by atoms with Crippen molar-refractivity contribution >= 4 is 5.97 Å². The molecule has 0 fully saturated rings. The molecular weight excluding hydrogens is 164 g/mol. The molecule has 0 radical (unpaired) electrons. The molecule has 0 bridgehead atoms. The van der Waals surface area contributed by atoms with Crippen molar-refractivity contribution in [1.29, 1.82) is 0 Å². The summed E-state index contributed by atoms with van der Waals surface area (Å²) in [5.74, 6) is -1.26. The first kappa shape index (κ1) is 8.25. The van der Waals surface area contributed by atoms with Crippen LogP contribution in [0.2, 0.25) is 0 Å². The summed E-state index contributed by atoms with van der Waals surface area (Å²) < 4.78 is 4.56. The molecule has 0 unspecified atom stereocenters. The van der Waals surface area contributed by atoms with Gasteiger partial charge in [-0.05, 0) is 0 Å². The van der Waals surface area contributed by atoms with E-state index in [9.17, 15) is 9.59 Å². The Morgan fingerprint density at radius 1 is 1.75 bits per heavy atom. The molecule has 12 heavy (non-hydrogen) atoms. The molecule has 1 aromatic heterocycles. The number of aromatic nitrogens is 2. The molecule has 0 atom stereocenters. The number of carboxylic acids is 1. The summed E-state index contributed by atoms with van der Waals surface area (Å²) in [7, 11) is 1.28. The van der Waals surface area contributed by atoms with E-state index >= 15 is 0 Å². The van der Waals surface area contributed by atoms with Crippen LogP contribution in [-0.4, -0.2) is 28.2 Å². The predicted molar refractivity (Wildman–Crippen MR) is 38.4 cm³/mol. The molecule has 1 rings (SSSR count). The van der Waals surface area contributed by atoms with Gasteiger partial charge in [0.2, 0.25) is 0 Å². The number of aromatic amines is 1. The highest BCUT2D eigenvalue weighted by atomic mass is 16.5. The van der Waals surface area contributed by atoms with Crippen molar-refractivity contribution in [3.05, 3.63) is 22.1 Å². The number of carbonyl (C=O) groups is 1. The van der Waals surface area contributed by atoms with Crippen LogP contribution < -0.4 is 10.3 Å². The van der Waals surface area contributed by atoms with Crippen LogP contribution in [0, 0.1) is 0 Å². The molecule has 1 heterocycles. The number of carboxylic acid groups (broad SMARTS) is 1. The monoisotopic (exact) mass is 170 g/mol. The van der Waals surface area contributed by atoms with Crippen molar-refractivity contribution in [2.45, 2.75) is 0 Å². The van der Waals surface area contributed by atoms with Crippen molar-refractivity contribution in [2.24, 2.45) is 0 Å². The van der Waals surface area contributed by atoms with Gasteiger partial charge >= 0.3 is 5.97 Å². The van der Waals surface area contributed by atoms with Gasteiger partial charge in [0.1, 0.15) is 0 Å². The molecule has 0 aliphatic carbocycles. The molecule has 0 spiro atoms. The molecule has 1 aromatic rings. The van der Waals surface area contributed by atoms with Crippen LogP contribution in [0.15, 0.2) is 10.9 Å². The molecule has 0 aromatic carbocycles. The number of rotatable bonds is 2. The van der Waals surface area contributed by atoms with E-state index < -0.39 is 11.5 Å². The Morgan fingerprint density at radius 3 is 2.92 bits per heavy atom. The Bertz CT molecular complexity index is 357. The molecule has 0 amide bonds. The number of ether oxygens (including phenoxy) is 1. The zero-order valence-corrected chi connectivity index (χ0v) is 6.20. The first-order chi connectivity index (χ1) is 5.63. The van der Waals surface area contributed by atoms with Gasteiger partial charge in [-0.15, -0.1) is 0 Å². The minimum Gasteiger partial charge on any atom is -0.477 e. The fraction of sp³-hybridized carbons (Fsp3) is 0.167. The maximum absolute atomic E-state index is 10.7. The normalized spacial score (nSPS) is 9.42. The zero-order valence-electron chi connectivity index (χ0n) is 6.20. The van der Waals surface area contributed by atoms with E-state index in [0.717, 1.165) is 6.07 Å². The van der Waals surface area contributed by atoms with E-state index in [2.05, 4.69) is 14.7 Å². The first-order valence-corrected chi connectivity index (χ1v) is 3.02. The van der Waals surface area contributed by atoms with Crippen LogP contribution in [0.3, 0.4) is 0 Å². The summed E-state index contributed by atoms with van der Waals surface area (Å²) in [5, 5.41) is 8.46. The third-order valence-corrected chi connectivity index (χ3v) is 1.13. The van der Waals surface area contributed by atoms with Gasteiger partial charge in [-0.2, -0.15) is 4.98 Å². The van der Waals surface area contributed by atoms with Gasteiger partial charge in [-0.25, -0.2) is 4.79 Å². The predicted octanol–water partition coefficient (Wildman–Crippen LogP) is -0.523. The molecule has 6 heteroatoms. The van der Waals surface area contributed by atoms with E-state index in [1.54, 1.807) is 0 Å². The molecule has 0 aliphatic heterocycles. The highest BCUT2D eigenvalue weighted by Crippen LogP contribution is 1.97. The van der Waals surface area contributed by atoms with E-state index in [-0.39, 0.29) is 11.7 Å². The minimum atomic E-state index is -1.26. The lowest BCUT2D eigenvalue weighted by Gasteiger charge is -1.97. The topological polar surface area (TPSA) is 92.3 Å². The lowest BCUT2D eigenvalue weighted by atomic mass is 10.4. The second kappa shape index (κ2) is 3.04. The van der Waals surface area contributed by atoms with Crippen molar-refractivity contribution in [1.82, 2.24) is 9.97 Å². The lowest BCUT2D eigenvalue weighted by Crippen LogP contribution is -2.13. The highest BCUT2D eigenvalue weighted by Gasteiger charge is 2.07. The van der Waals surface area contributed by atoms with Crippen LogP contribution in [0.25, 0.3) is 0 Å². The Morgan fingerprint density at radius 2 is 2.42 bits per heavy atom. The average molecular weight is 170 g/mol. The average Bonchev–Trinajstić information content (AvgIpc) is 2.03. The van der Waals surface area contributed by atoms with Gasteiger partial charge in [0, 0.05) is 6.07 Å². The van der Waals surface area contributed by atoms with Gasteiger partial charge in [-0.1, -0.05) is 0 Å². The van der Waals surface area contributed by atoms with Gasteiger partial charge in [0.05, 0.1) is 7.11 Å². The maximum Gasteiger partial charge on any atom is 0.354 e. The van der Waals surface area contributed by atoms with Crippen molar-refractivity contribution in [3.8, 4) is 6.01 Å². The van der Waals surface area contributed by atoms with Crippen LogP contribution in [0.1, 0.15) is 10.5 Å². The third-order valence-electron chi connectivity index (χ3n) is 1.13. The number of nitrogens with one attached hydrogen (secondary N) is 1. The molecule has 0 saturated carbocycles. The summed E-state index contributed by atoms with van der Waals surface area (Å²) in [5.41, 5.74) is -0.894. The quantitative estimate of drug-likeness (QED) is 0.622. The maximum atomic E-state index is 10.7. The van der Waals surface area contributed by atoms with Gasteiger partial charge in [0.25, 0.3) is 11.6 Å². The van der Waals surface area contributed by atoms with Crippen molar-refractivity contribution in [2.75, 3.05) is 7.11 Å². The second-order valence-corrected chi connectivity index (χ2v) is 1.95. The number of methoxy groups -OCH3 is 1. The van der Waals surface area contributed by atoms with Crippen molar-refractivity contribution in [3.63, 3.8) is 0 Å². The Balaban J connectivity index is 3.24. The van der Waals surface area contributed by atoms with Gasteiger partial charge in [0.15, 0.2) is 5.69 Å². The van der Waals surface area contributed by atoms with E-state index in [0.29, 0.717) is 0 Å². The van der Waals surface area contributed by atoms with Crippen LogP contribution in [0.5, 0.6) is 6.01 Å². The zero-order chi connectivity index (χ0) is 9.14. The number of hydrogen-bond donors (Lipinski definition) is 2. The number of hydrogen-bond acceptors (Lipinski definition) is 4. The summed E-state index contributed by atoms with van der Waals surface area (Å²) in [6.45, 7) is 0. The summed E-state index contributed by atoms with van der Waals surface area (Å²) in [6.07, 6.45) is 0. The molecule has 6 nitrogen and oxygen atoms in total. The molecule has 0 aliphatic rings. The van der Waals surface area contributed by atoms with E-state index in [1.165, 1.54) is 7.11 Å². The largest absolute Gasteiger partial charge is 0.477 e. The Kier molecular flexibility index (Phi) is 2.09. The fourth-order valence-electron chi connectivity index (χ4n) is 0.642. The molecular formula is C6H6N2O4. The standard InChI is InChI=1S/C6H6N2O4/c1-12-6-7-3(5(10)11)2-4(9)8-6/h2H,1H3,(H,10,11)(H,7,8,9). The summed E-state index contributed by atoms with van der Waals surface area (Å²) >= 11 is 0. The van der Waals surface area contributed by atoms with E-state index in [1.807, 2.05) is 0 Å². The van der Waals surface area contributed by atoms with Crippen LogP contribution >= 0.6 is 0 Å². The summed E-state index contributed by atoms with van der Waals surface area (Å²) in [4.78, 5) is 26.8. The number of aromatic carboxylic acids is 1. The molecule has 64 valence electrons.